The van der Waals surface area contributed by atoms with Crippen LogP contribution < -0.4 is 32.1 Å². The Bertz CT molecular complexity index is 1080. The van der Waals surface area contributed by atoms with E-state index < -0.39 is 11.1 Å². The van der Waals surface area contributed by atoms with Crippen LogP contribution in [0.25, 0.3) is 0 Å². The van der Waals surface area contributed by atoms with Crippen molar-refractivity contribution in [3.05, 3.63) is 0 Å². The Kier molecular flexibility index (Phi) is 51.4. The molecule has 2 amide bonds. The summed E-state index contributed by atoms with van der Waals surface area (Å²) in [5.74, 6) is 1.19. The van der Waals surface area contributed by atoms with Crippen molar-refractivity contribution in [2.75, 3.05) is 57.6 Å². The maximum absolute atomic E-state index is 13.2. The first kappa shape index (κ1) is 67.7. The van der Waals surface area contributed by atoms with Gasteiger partial charge in [0, 0.05) is 12.1 Å². The second kappa shape index (κ2) is 51.6. The van der Waals surface area contributed by atoms with E-state index in [1.54, 1.807) is 0 Å². The van der Waals surface area contributed by atoms with Crippen molar-refractivity contribution < 1.29 is 42.2 Å². The fourth-order valence-electron chi connectivity index (χ4n) is 9.57. The molecule has 8 nitrogen and oxygen atoms in total. The molecular weight excluding hydrogens is 976 g/mol. The van der Waals surface area contributed by atoms with Gasteiger partial charge >= 0.3 is 206 Å². The first-order valence-electron chi connectivity index (χ1n) is 29.8. The number of nitrogens with zero attached hydrogens (tertiary/aromatic N) is 2. The van der Waals surface area contributed by atoms with Gasteiger partial charge in [0.15, 0.2) is 0 Å². The number of hydrogen-bond acceptors (Lipinski definition) is 5. The summed E-state index contributed by atoms with van der Waals surface area (Å²) in [7, 11) is 6.22. The van der Waals surface area contributed by atoms with Crippen LogP contribution in [-0.4, -0.2) is 93.3 Å². The predicted molar refractivity (Wildman–Crippen MR) is 294 cm³/mol. The van der Waals surface area contributed by atoms with Crippen LogP contribution in [-0.2, 0) is 24.9 Å². The van der Waals surface area contributed by atoms with Gasteiger partial charge in [-0.25, -0.2) is 0 Å². The molecule has 0 radical (unpaired) electrons. The maximum atomic E-state index is 13.2. The van der Waals surface area contributed by atoms with Gasteiger partial charge in [-0.15, -0.1) is 0 Å². The Morgan fingerprint density at radius 2 is 0.794 bits per heavy atom. The van der Waals surface area contributed by atoms with Gasteiger partial charge in [0.1, 0.15) is 0 Å². The van der Waals surface area contributed by atoms with E-state index in [1.807, 2.05) is 0 Å². The van der Waals surface area contributed by atoms with Crippen LogP contribution in [0.2, 0.25) is 0 Å². The zero-order chi connectivity index (χ0) is 50.0. The molecule has 408 valence electrons. The zero-order valence-electron chi connectivity index (χ0n) is 46.7. The summed E-state index contributed by atoms with van der Waals surface area (Å²) < 4.78 is 19.1. The molecule has 10 heteroatoms. The minimum atomic E-state index is -1.15. The molecule has 1 atom stereocenters. The average molecular weight is 1100 g/mol. The Hall–Kier alpha value is -0.300. The molecule has 0 saturated carbocycles. The molecule has 0 bridgehead atoms. The monoisotopic (exact) mass is 1090 g/mol. The van der Waals surface area contributed by atoms with Crippen LogP contribution in [0.15, 0.2) is 0 Å². The molecule has 0 aliphatic carbocycles. The van der Waals surface area contributed by atoms with E-state index in [9.17, 15) is 13.8 Å². The second-order valence-electron chi connectivity index (χ2n) is 21.2. The molecule has 0 spiro atoms. The first-order valence-corrected chi connectivity index (χ1v) is 33.5. The van der Waals surface area contributed by atoms with Crippen molar-refractivity contribution in [3.63, 3.8) is 0 Å². The van der Waals surface area contributed by atoms with Crippen molar-refractivity contribution in [1.29, 1.82) is 0 Å². The van der Waals surface area contributed by atoms with Crippen LogP contribution in [0.5, 0.6) is 0 Å². The number of quaternary nitrogens is 1. The molecular formula is C58H119IN4O4S. The Morgan fingerprint density at radius 3 is 1.18 bits per heavy atom. The fraction of sp³-hybridized carbons (Fsp3) is 0.966. The van der Waals surface area contributed by atoms with Gasteiger partial charge in [0.05, 0.1) is 0 Å². The number of alkyl halides is 1. The number of carbonyl (C=O) groups excluding carboxylic acids is 2. The number of carbonyl (C=O) groups is 2. The van der Waals surface area contributed by atoms with Crippen LogP contribution in [0, 0.1) is 0 Å². The number of unbranched alkanes of at least 4 members (excludes halogenated alkanes) is 27. The molecule has 0 aromatic carbocycles. The molecule has 0 saturated heterocycles. The molecule has 68 heavy (non-hydrogen) atoms. The molecule has 1 unspecified atom stereocenters. The van der Waals surface area contributed by atoms with Gasteiger partial charge in [-0.05, 0) is 25.7 Å². The Labute approximate surface area is 438 Å². The van der Waals surface area contributed by atoms with Gasteiger partial charge in [-0.3, -0.25) is 4.79 Å². The Balaban J connectivity index is 4.94. The average Bonchev–Trinajstić information content (AvgIpc) is 3.32. The van der Waals surface area contributed by atoms with Crippen molar-refractivity contribution in [2.24, 2.45) is 0 Å². The second-order valence-corrected chi connectivity index (χ2v) is 27.0. The van der Waals surface area contributed by atoms with Crippen molar-refractivity contribution >= 4 is 22.9 Å². The van der Waals surface area contributed by atoms with Gasteiger partial charge in [0.2, 0.25) is 5.91 Å². The summed E-state index contributed by atoms with van der Waals surface area (Å²) in [6, 6.07) is 0.716. The third-order valence-electron chi connectivity index (χ3n) is 14.1. The van der Waals surface area contributed by atoms with E-state index in [2.05, 4.69) is 57.3 Å². The number of hydrogen-bond donors (Lipinski definition) is 2. The van der Waals surface area contributed by atoms with E-state index in [1.165, 1.54) is 211 Å². The predicted octanol–water partition coefficient (Wildman–Crippen LogP) is 12.7. The van der Waals surface area contributed by atoms with Gasteiger partial charge in [-0.1, -0.05) is 182 Å². The standard InChI is InChI=1S/C58H119IN4O4S/c1-8-12-16-20-25-32-43-55(44-33-26-21-17-13-9-2)60-57(64)47-36-29-24-30-39-50-62(52-41-38-49-59-63(5,6)53-42-54-68(66)67-7)51-40-31-37-48-58(65)61-56(45-34-27-22-18-14-10-3)46-35-28-23-19-15-11-4/h55-56H,8-54H2,1-7H3,(H,60,64)(H,61,65). The summed E-state index contributed by atoms with van der Waals surface area (Å²) >= 11 is -1.11. The number of halogens is 1. The molecule has 0 rings (SSSR count). The topological polar surface area (TPSA) is 87.7 Å². The van der Waals surface area contributed by atoms with Crippen molar-refractivity contribution in [2.45, 2.75) is 303 Å². The van der Waals surface area contributed by atoms with Gasteiger partial charge < -0.3 is 5.32 Å². The summed E-state index contributed by atoms with van der Waals surface area (Å²) in [6.45, 7) is 13.7. The van der Waals surface area contributed by atoms with E-state index in [4.69, 9.17) is 4.18 Å². The van der Waals surface area contributed by atoms with Gasteiger partial charge in [-0.2, -0.15) is 0 Å². The van der Waals surface area contributed by atoms with E-state index >= 15 is 0 Å². The summed E-state index contributed by atoms with van der Waals surface area (Å²) in [5.41, 5.74) is 0. The van der Waals surface area contributed by atoms with E-state index in [-0.39, 0.29) is 33.3 Å². The van der Waals surface area contributed by atoms with Crippen LogP contribution in [0.1, 0.15) is 291 Å². The third kappa shape index (κ3) is 48.0. The number of nitrogens with one attached hydrogen (secondary N) is 2. The van der Waals surface area contributed by atoms with Crippen molar-refractivity contribution in [1.82, 2.24) is 15.5 Å². The molecule has 0 aliphatic heterocycles. The fourth-order valence-corrected chi connectivity index (χ4v) is 13.0. The quantitative estimate of drug-likeness (QED) is 0.0274. The molecule has 0 aliphatic rings. The van der Waals surface area contributed by atoms with Crippen LogP contribution >= 0.6 is 0 Å². The Morgan fingerprint density at radius 1 is 0.471 bits per heavy atom. The van der Waals surface area contributed by atoms with Gasteiger partial charge in [0.25, 0.3) is 0 Å². The van der Waals surface area contributed by atoms with E-state index in [0.717, 1.165) is 80.1 Å². The summed E-state index contributed by atoms with van der Waals surface area (Å²) in [5, 5.41) is 6.97. The first-order chi connectivity index (χ1) is 33.1. The minimum absolute atomic E-state index is 0.0335. The normalized spacial score (nSPS) is 12.6. The van der Waals surface area contributed by atoms with Crippen LogP contribution in [0.4, 0.5) is 0 Å². The van der Waals surface area contributed by atoms with Crippen LogP contribution in [0.3, 0.4) is 0 Å². The number of amides is 2. The molecule has 0 heterocycles. The van der Waals surface area contributed by atoms with Crippen molar-refractivity contribution in [3.8, 4) is 0 Å². The zero-order valence-corrected chi connectivity index (χ0v) is 49.7. The summed E-state index contributed by atoms with van der Waals surface area (Å²) in [4.78, 5) is 29.0. The third-order valence-corrected chi connectivity index (χ3v) is 18.6. The molecule has 0 aromatic heterocycles. The summed E-state index contributed by atoms with van der Waals surface area (Å²) in [6.07, 6.45) is 50.0. The SMILES string of the molecule is CCCCCCCCC(CCCCCCCC)NC(=O)CCCCCCCN(CCCCCC(=O)NC(CCCCCCCC)CCCCCCCC)CCCC[I-][N+](C)(C)CCCS(=O)OC. The van der Waals surface area contributed by atoms with E-state index in [0.29, 0.717) is 30.7 Å². The molecule has 0 aromatic rings. The molecule has 0 fully saturated rings. The number of rotatable bonds is 55. The molecule has 2 N–H and O–H groups in total.